The van der Waals surface area contributed by atoms with Gasteiger partial charge in [0.25, 0.3) is 0 Å². The van der Waals surface area contributed by atoms with E-state index in [-0.39, 0.29) is 5.91 Å². The molecule has 0 spiro atoms. The highest BCUT2D eigenvalue weighted by atomic mass is 16.5. The number of unbranched alkanes of at least 4 members (excludes halogenated alkanes) is 1. The van der Waals surface area contributed by atoms with Gasteiger partial charge in [-0.15, -0.1) is 0 Å². The number of carbonyl (C=O) groups excluding carboxylic acids is 1. The normalized spacial score (nSPS) is 19.7. The molecule has 5 nitrogen and oxygen atoms in total. The topological polar surface area (TPSA) is 75.6 Å². The zero-order valence-corrected chi connectivity index (χ0v) is 11.9. The molecule has 19 heavy (non-hydrogen) atoms. The van der Waals surface area contributed by atoms with Gasteiger partial charge in [-0.25, -0.2) is 4.79 Å². The van der Waals surface area contributed by atoms with Crippen molar-refractivity contribution in [3.63, 3.8) is 0 Å². The number of aliphatic carboxylic acids is 1. The summed E-state index contributed by atoms with van der Waals surface area (Å²) in [6, 6.07) is 0. The van der Waals surface area contributed by atoms with E-state index in [1.807, 2.05) is 0 Å². The molecule has 0 aromatic rings. The molecule has 0 unspecified atom stereocenters. The fraction of sp³-hybridized carbons (Fsp3) is 0.857. The SMILES string of the molecule is CCCCO[C@H](C)C(=O)NC1(C(=O)O)CCCCC1. The van der Waals surface area contributed by atoms with Gasteiger partial charge >= 0.3 is 5.97 Å². The van der Waals surface area contributed by atoms with E-state index in [0.717, 1.165) is 32.1 Å². The molecule has 1 saturated carbocycles. The lowest BCUT2D eigenvalue weighted by Gasteiger charge is -2.34. The van der Waals surface area contributed by atoms with Gasteiger partial charge in [-0.05, 0) is 26.2 Å². The Morgan fingerprint density at radius 3 is 2.47 bits per heavy atom. The van der Waals surface area contributed by atoms with Gasteiger partial charge in [-0.3, -0.25) is 4.79 Å². The number of ether oxygens (including phenoxy) is 1. The molecule has 0 radical (unpaired) electrons. The lowest BCUT2D eigenvalue weighted by molar-refractivity contribution is -0.151. The summed E-state index contributed by atoms with van der Waals surface area (Å²) in [7, 11) is 0. The number of hydrogen-bond donors (Lipinski definition) is 2. The molecule has 5 heteroatoms. The average Bonchev–Trinajstić information content (AvgIpc) is 2.39. The molecule has 1 atom stereocenters. The second-order valence-electron chi connectivity index (χ2n) is 5.30. The second kappa shape index (κ2) is 7.48. The predicted molar refractivity (Wildman–Crippen MR) is 71.9 cm³/mol. The summed E-state index contributed by atoms with van der Waals surface area (Å²) in [6.07, 6.45) is 5.06. The van der Waals surface area contributed by atoms with Crippen LogP contribution in [0.15, 0.2) is 0 Å². The standard InChI is InChI=1S/C14H25NO4/c1-3-4-10-19-11(2)12(16)15-14(13(17)18)8-6-5-7-9-14/h11H,3-10H2,1-2H3,(H,15,16)(H,17,18)/t11-/m1/s1. The zero-order valence-electron chi connectivity index (χ0n) is 11.9. The van der Waals surface area contributed by atoms with Gasteiger partial charge in [0.15, 0.2) is 0 Å². The lowest BCUT2D eigenvalue weighted by atomic mass is 9.81. The van der Waals surface area contributed by atoms with E-state index in [2.05, 4.69) is 12.2 Å². The molecule has 0 aromatic carbocycles. The molecule has 1 aliphatic carbocycles. The fourth-order valence-corrected chi connectivity index (χ4v) is 2.37. The van der Waals surface area contributed by atoms with E-state index in [0.29, 0.717) is 19.4 Å². The third kappa shape index (κ3) is 4.49. The smallest absolute Gasteiger partial charge is 0.329 e. The highest BCUT2D eigenvalue weighted by Crippen LogP contribution is 2.28. The number of nitrogens with one attached hydrogen (secondary N) is 1. The average molecular weight is 271 g/mol. The number of hydrogen-bond acceptors (Lipinski definition) is 3. The van der Waals surface area contributed by atoms with Gasteiger partial charge in [0.2, 0.25) is 5.91 Å². The molecular formula is C14H25NO4. The van der Waals surface area contributed by atoms with Crippen molar-refractivity contribution < 1.29 is 19.4 Å². The molecule has 110 valence electrons. The second-order valence-corrected chi connectivity index (χ2v) is 5.30. The Morgan fingerprint density at radius 1 is 1.32 bits per heavy atom. The zero-order chi connectivity index (χ0) is 14.3. The Hall–Kier alpha value is -1.10. The minimum absolute atomic E-state index is 0.319. The molecular weight excluding hydrogens is 246 g/mol. The fourth-order valence-electron chi connectivity index (χ4n) is 2.37. The van der Waals surface area contributed by atoms with Gasteiger partial charge in [0.05, 0.1) is 0 Å². The van der Waals surface area contributed by atoms with Crippen molar-refractivity contribution in [3.8, 4) is 0 Å². The summed E-state index contributed by atoms with van der Waals surface area (Å²) in [6.45, 7) is 4.25. The summed E-state index contributed by atoms with van der Waals surface area (Å²) in [4.78, 5) is 23.5. The van der Waals surface area contributed by atoms with Crippen molar-refractivity contribution in [2.75, 3.05) is 6.61 Å². The van der Waals surface area contributed by atoms with E-state index in [1.54, 1.807) is 6.92 Å². The number of rotatable bonds is 7. The molecule has 0 heterocycles. The first kappa shape index (κ1) is 16.0. The molecule has 0 bridgehead atoms. The van der Waals surface area contributed by atoms with Crippen molar-refractivity contribution in [1.29, 1.82) is 0 Å². The van der Waals surface area contributed by atoms with Gasteiger partial charge in [0.1, 0.15) is 11.6 Å². The third-order valence-electron chi connectivity index (χ3n) is 3.71. The lowest BCUT2D eigenvalue weighted by Crippen LogP contribution is -2.57. The third-order valence-corrected chi connectivity index (χ3v) is 3.71. The van der Waals surface area contributed by atoms with Crippen LogP contribution in [0.1, 0.15) is 58.8 Å². The van der Waals surface area contributed by atoms with Crippen molar-refractivity contribution in [2.45, 2.75) is 70.4 Å². The Balaban J connectivity index is 2.54. The van der Waals surface area contributed by atoms with E-state index < -0.39 is 17.6 Å². The summed E-state index contributed by atoms with van der Waals surface area (Å²) < 4.78 is 5.41. The quantitative estimate of drug-likeness (QED) is 0.695. The number of carboxylic acid groups (broad SMARTS) is 1. The van der Waals surface area contributed by atoms with Gasteiger partial charge in [0, 0.05) is 6.61 Å². The summed E-state index contributed by atoms with van der Waals surface area (Å²) in [5, 5.41) is 12.1. The number of carboxylic acids is 1. The van der Waals surface area contributed by atoms with Crippen molar-refractivity contribution >= 4 is 11.9 Å². The van der Waals surface area contributed by atoms with Crippen molar-refractivity contribution in [2.24, 2.45) is 0 Å². The summed E-state index contributed by atoms with van der Waals surface area (Å²) in [5.74, 6) is -1.25. The van der Waals surface area contributed by atoms with Gasteiger partial charge in [-0.2, -0.15) is 0 Å². The summed E-state index contributed by atoms with van der Waals surface area (Å²) in [5.41, 5.74) is -1.09. The van der Waals surface area contributed by atoms with E-state index in [9.17, 15) is 14.7 Å². The van der Waals surface area contributed by atoms with Crippen LogP contribution in [0.25, 0.3) is 0 Å². The first-order chi connectivity index (χ1) is 9.02. The number of carbonyl (C=O) groups is 2. The molecule has 1 fully saturated rings. The van der Waals surface area contributed by atoms with Crippen LogP contribution in [0.2, 0.25) is 0 Å². The largest absolute Gasteiger partial charge is 0.480 e. The van der Waals surface area contributed by atoms with E-state index in [1.165, 1.54) is 0 Å². The first-order valence-corrected chi connectivity index (χ1v) is 7.19. The van der Waals surface area contributed by atoms with E-state index >= 15 is 0 Å². The monoisotopic (exact) mass is 271 g/mol. The van der Waals surface area contributed by atoms with Gasteiger partial charge < -0.3 is 15.2 Å². The predicted octanol–water partition coefficient (Wildman–Crippen LogP) is 2.10. The molecule has 1 aliphatic rings. The Bertz CT molecular complexity index is 311. The van der Waals surface area contributed by atoms with Crippen LogP contribution >= 0.6 is 0 Å². The van der Waals surface area contributed by atoms with Crippen LogP contribution in [0, 0.1) is 0 Å². The van der Waals surface area contributed by atoms with Crippen LogP contribution in [0.4, 0.5) is 0 Å². The van der Waals surface area contributed by atoms with Crippen LogP contribution < -0.4 is 5.32 Å². The molecule has 1 amide bonds. The number of amides is 1. The minimum atomic E-state index is -1.09. The highest BCUT2D eigenvalue weighted by Gasteiger charge is 2.41. The maximum atomic E-state index is 12.0. The maximum Gasteiger partial charge on any atom is 0.329 e. The maximum absolute atomic E-state index is 12.0. The minimum Gasteiger partial charge on any atom is -0.480 e. The van der Waals surface area contributed by atoms with E-state index in [4.69, 9.17) is 4.74 Å². The van der Waals surface area contributed by atoms with Crippen LogP contribution in [0.3, 0.4) is 0 Å². The molecule has 2 N–H and O–H groups in total. The Kier molecular flexibility index (Phi) is 6.28. The van der Waals surface area contributed by atoms with Gasteiger partial charge in [-0.1, -0.05) is 32.6 Å². The molecule has 0 aromatic heterocycles. The van der Waals surface area contributed by atoms with Crippen molar-refractivity contribution in [3.05, 3.63) is 0 Å². The Labute approximate surface area is 114 Å². The molecule has 0 saturated heterocycles. The van der Waals surface area contributed by atoms with Crippen molar-refractivity contribution in [1.82, 2.24) is 5.32 Å². The summed E-state index contributed by atoms with van der Waals surface area (Å²) >= 11 is 0. The highest BCUT2D eigenvalue weighted by molar-refractivity contribution is 5.89. The first-order valence-electron chi connectivity index (χ1n) is 7.19. The molecule has 0 aliphatic heterocycles. The molecule has 1 rings (SSSR count). The van der Waals surface area contributed by atoms with Crippen LogP contribution in [0.5, 0.6) is 0 Å². The van der Waals surface area contributed by atoms with Crippen LogP contribution in [-0.2, 0) is 14.3 Å². The Morgan fingerprint density at radius 2 is 1.95 bits per heavy atom. The van der Waals surface area contributed by atoms with Crippen LogP contribution in [-0.4, -0.2) is 35.2 Å².